The zero-order valence-electron chi connectivity index (χ0n) is 13.9. The molecule has 1 N–H and O–H groups in total. The number of hydrogen-bond donors (Lipinski definition) is 1. The Morgan fingerprint density at radius 3 is 2.65 bits per heavy atom. The Labute approximate surface area is 160 Å². The standard InChI is InChI=1S/C18H16N2O3S3/c1-26(22,23)15-9-5-8-14(10-15)19-17(21)12-25-18-20-16(11-24-18)13-6-3-2-4-7-13/h2-11H,12H2,1H3,(H,19,21). The summed E-state index contributed by atoms with van der Waals surface area (Å²) in [4.78, 5) is 16.8. The number of carbonyl (C=O) groups excluding carboxylic acids is 1. The van der Waals surface area contributed by atoms with Gasteiger partial charge in [0.15, 0.2) is 14.2 Å². The summed E-state index contributed by atoms with van der Waals surface area (Å²) in [6.07, 6.45) is 1.14. The van der Waals surface area contributed by atoms with Gasteiger partial charge in [-0.2, -0.15) is 0 Å². The van der Waals surface area contributed by atoms with Gasteiger partial charge in [-0.25, -0.2) is 13.4 Å². The highest BCUT2D eigenvalue weighted by Gasteiger charge is 2.11. The van der Waals surface area contributed by atoms with Gasteiger partial charge in [0.2, 0.25) is 5.91 Å². The third-order valence-electron chi connectivity index (χ3n) is 3.43. The van der Waals surface area contributed by atoms with E-state index in [0.29, 0.717) is 5.69 Å². The van der Waals surface area contributed by atoms with E-state index in [1.54, 1.807) is 12.1 Å². The fraction of sp³-hybridized carbons (Fsp3) is 0.111. The molecule has 0 saturated carbocycles. The molecule has 1 amide bonds. The molecule has 0 aliphatic heterocycles. The largest absolute Gasteiger partial charge is 0.325 e. The van der Waals surface area contributed by atoms with E-state index in [1.807, 2.05) is 35.7 Å². The van der Waals surface area contributed by atoms with E-state index in [0.717, 1.165) is 21.9 Å². The molecule has 0 saturated heterocycles. The first-order chi connectivity index (χ1) is 12.4. The van der Waals surface area contributed by atoms with Crippen LogP contribution in [0.15, 0.2) is 69.2 Å². The number of amides is 1. The number of aromatic nitrogens is 1. The van der Waals surface area contributed by atoms with E-state index in [-0.39, 0.29) is 16.6 Å². The highest BCUT2D eigenvalue weighted by atomic mass is 32.2. The van der Waals surface area contributed by atoms with Gasteiger partial charge in [-0.05, 0) is 18.2 Å². The molecule has 0 spiro atoms. The first-order valence-electron chi connectivity index (χ1n) is 7.65. The van der Waals surface area contributed by atoms with Crippen molar-refractivity contribution in [2.75, 3.05) is 17.3 Å². The van der Waals surface area contributed by atoms with Crippen LogP contribution in [0, 0.1) is 0 Å². The Hall–Kier alpha value is -2.16. The molecule has 0 atom stereocenters. The first kappa shape index (κ1) is 18.6. The molecular weight excluding hydrogens is 388 g/mol. The number of sulfone groups is 1. The van der Waals surface area contributed by atoms with Crippen molar-refractivity contribution in [3.8, 4) is 11.3 Å². The minimum Gasteiger partial charge on any atom is -0.325 e. The first-order valence-corrected chi connectivity index (χ1v) is 11.4. The fourth-order valence-corrected chi connectivity index (χ4v) is 4.50. The lowest BCUT2D eigenvalue weighted by atomic mass is 10.2. The van der Waals surface area contributed by atoms with Crippen molar-refractivity contribution < 1.29 is 13.2 Å². The number of rotatable bonds is 6. The second kappa shape index (κ2) is 8.03. The Balaban J connectivity index is 1.59. The van der Waals surface area contributed by atoms with E-state index < -0.39 is 9.84 Å². The smallest absolute Gasteiger partial charge is 0.234 e. The normalized spacial score (nSPS) is 11.3. The maximum Gasteiger partial charge on any atom is 0.234 e. The number of carbonyl (C=O) groups is 1. The van der Waals surface area contributed by atoms with Crippen LogP contribution in [0.3, 0.4) is 0 Å². The minimum atomic E-state index is -3.30. The lowest BCUT2D eigenvalue weighted by Crippen LogP contribution is -2.14. The van der Waals surface area contributed by atoms with Crippen LogP contribution in [-0.4, -0.2) is 31.3 Å². The predicted molar refractivity (Wildman–Crippen MR) is 106 cm³/mol. The van der Waals surface area contributed by atoms with Gasteiger partial charge in [0.25, 0.3) is 0 Å². The SMILES string of the molecule is CS(=O)(=O)c1cccc(NC(=O)CSc2nc(-c3ccccc3)cs2)c1. The Morgan fingerprint density at radius 1 is 1.15 bits per heavy atom. The van der Waals surface area contributed by atoms with Gasteiger partial charge in [-0.3, -0.25) is 4.79 Å². The van der Waals surface area contributed by atoms with Crippen molar-refractivity contribution in [1.82, 2.24) is 4.98 Å². The van der Waals surface area contributed by atoms with Crippen molar-refractivity contribution in [2.45, 2.75) is 9.24 Å². The number of benzene rings is 2. The summed E-state index contributed by atoms with van der Waals surface area (Å²) >= 11 is 2.84. The predicted octanol–water partition coefficient (Wildman–Crippen LogP) is 3.94. The molecule has 1 aromatic heterocycles. The van der Waals surface area contributed by atoms with Gasteiger partial charge >= 0.3 is 0 Å². The number of thiazole rings is 1. The van der Waals surface area contributed by atoms with Crippen LogP contribution in [0.2, 0.25) is 0 Å². The topological polar surface area (TPSA) is 76.1 Å². The highest BCUT2D eigenvalue weighted by Crippen LogP contribution is 2.28. The van der Waals surface area contributed by atoms with Crippen LogP contribution in [0.25, 0.3) is 11.3 Å². The van der Waals surface area contributed by atoms with Crippen molar-refractivity contribution in [3.05, 3.63) is 60.0 Å². The molecule has 0 unspecified atom stereocenters. The molecule has 0 bridgehead atoms. The summed E-state index contributed by atoms with van der Waals surface area (Å²) in [5.74, 6) is -0.0118. The van der Waals surface area contributed by atoms with Crippen LogP contribution in [0.4, 0.5) is 5.69 Å². The van der Waals surface area contributed by atoms with E-state index in [2.05, 4.69) is 10.3 Å². The molecule has 3 aromatic rings. The van der Waals surface area contributed by atoms with Gasteiger partial charge in [0.05, 0.1) is 16.3 Å². The van der Waals surface area contributed by atoms with Crippen LogP contribution in [-0.2, 0) is 14.6 Å². The van der Waals surface area contributed by atoms with Gasteiger partial charge in [0, 0.05) is 22.9 Å². The minimum absolute atomic E-state index is 0.176. The zero-order valence-corrected chi connectivity index (χ0v) is 16.3. The molecule has 8 heteroatoms. The summed E-state index contributed by atoms with van der Waals surface area (Å²) < 4.78 is 24.0. The van der Waals surface area contributed by atoms with Crippen molar-refractivity contribution in [3.63, 3.8) is 0 Å². The molecule has 0 aliphatic carbocycles. The Kier molecular flexibility index (Phi) is 5.75. The number of nitrogens with zero attached hydrogens (tertiary/aromatic N) is 1. The lowest BCUT2D eigenvalue weighted by Gasteiger charge is -2.06. The maximum atomic E-state index is 12.1. The second-order valence-electron chi connectivity index (χ2n) is 5.50. The van der Waals surface area contributed by atoms with Crippen LogP contribution < -0.4 is 5.32 Å². The Morgan fingerprint density at radius 2 is 1.92 bits per heavy atom. The molecule has 134 valence electrons. The molecule has 26 heavy (non-hydrogen) atoms. The van der Waals surface area contributed by atoms with E-state index in [1.165, 1.54) is 35.2 Å². The molecule has 3 rings (SSSR count). The molecule has 0 radical (unpaired) electrons. The molecule has 1 heterocycles. The third kappa shape index (κ3) is 4.94. The fourth-order valence-electron chi connectivity index (χ4n) is 2.19. The van der Waals surface area contributed by atoms with Crippen LogP contribution in [0.1, 0.15) is 0 Å². The van der Waals surface area contributed by atoms with Gasteiger partial charge in [0.1, 0.15) is 0 Å². The van der Waals surface area contributed by atoms with Gasteiger partial charge < -0.3 is 5.32 Å². The summed E-state index contributed by atoms with van der Waals surface area (Å²) in [6.45, 7) is 0. The quantitative estimate of drug-likeness (QED) is 0.630. The summed E-state index contributed by atoms with van der Waals surface area (Å²) in [5, 5.41) is 4.68. The van der Waals surface area contributed by atoms with E-state index in [4.69, 9.17) is 0 Å². The molecular formula is C18H16N2O3S3. The van der Waals surface area contributed by atoms with Crippen LogP contribution in [0.5, 0.6) is 0 Å². The van der Waals surface area contributed by atoms with Crippen molar-refractivity contribution in [1.29, 1.82) is 0 Å². The van der Waals surface area contributed by atoms with E-state index >= 15 is 0 Å². The van der Waals surface area contributed by atoms with E-state index in [9.17, 15) is 13.2 Å². The molecule has 2 aromatic carbocycles. The van der Waals surface area contributed by atoms with Crippen molar-refractivity contribution in [2.24, 2.45) is 0 Å². The van der Waals surface area contributed by atoms with Crippen molar-refractivity contribution >= 4 is 44.5 Å². The summed E-state index contributed by atoms with van der Waals surface area (Å²) in [7, 11) is -3.30. The Bertz CT molecular complexity index is 1010. The highest BCUT2D eigenvalue weighted by molar-refractivity contribution is 8.01. The summed E-state index contributed by atoms with van der Waals surface area (Å²) in [5.41, 5.74) is 2.39. The molecule has 0 aliphatic rings. The summed E-state index contributed by atoms with van der Waals surface area (Å²) in [6, 6.07) is 16.1. The lowest BCUT2D eigenvalue weighted by molar-refractivity contribution is -0.113. The number of nitrogens with one attached hydrogen (secondary N) is 1. The molecule has 5 nitrogen and oxygen atoms in total. The average molecular weight is 405 g/mol. The zero-order chi connectivity index (χ0) is 18.6. The van der Waals surface area contributed by atoms with Crippen LogP contribution >= 0.6 is 23.1 Å². The monoisotopic (exact) mass is 404 g/mol. The van der Waals surface area contributed by atoms with Gasteiger partial charge in [-0.1, -0.05) is 48.2 Å². The van der Waals surface area contributed by atoms with Gasteiger partial charge in [-0.15, -0.1) is 11.3 Å². The maximum absolute atomic E-state index is 12.1. The second-order valence-corrected chi connectivity index (χ2v) is 9.60. The number of hydrogen-bond acceptors (Lipinski definition) is 6. The average Bonchev–Trinajstić information content (AvgIpc) is 3.09. The third-order valence-corrected chi connectivity index (χ3v) is 6.56. The molecule has 0 fully saturated rings. The number of thioether (sulfide) groups is 1. The number of anilines is 1.